The molecule has 0 radical (unpaired) electrons. The third-order valence-electron chi connectivity index (χ3n) is 12.2. The topological polar surface area (TPSA) is 0 Å². The van der Waals surface area contributed by atoms with Gasteiger partial charge in [0, 0.05) is 0 Å². The molecule has 54 heavy (non-hydrogen) atoms. The molecule has 0 unspecified atom stereocenters. The SMILES string of the molecule is Cc1ccc2c(c1B(c1cccc(-c3ccc(-c4cc5c(c6c4C=CCC6)CCC=C5)c4ccccc34)c1)c1c(C)ccc3ccccc13)C=CCC=C2. The number of hydrogen-bond donors (Lipinski definition) is 0. The van der Waals surface area contributed by atoms with Crippen LogP contribution in [0.15, 0.2) is 140 Å². The van der Waals surface area contributed by atoms with E-state index >= 15 is 0 Å². The first-order valence-corrected chi connectivity index (χ1v) is 19.7. The van der Waals surface area contributed by atoms with Crippen LogP contribution in [0.4, 0.5) is 0 Å². The fraction of sp³-hybridized carbons (Fsp3) is 0.132. The molecule has 0 aliphatic heterocycles. The average Bonchev–Trinajstić information content (AvgIpc) is 3.48. The molecule has 0 heterocycles. The van der Waals surface area contributed by atoms with Crippen LogP contribution in [-0.2, 0) is 12.8 Å². The Morgan fingerprint density at radius 3 is 2.04 bits per heavy atom. The average molecular weight is 691 g/mol. The Labute approximate surface area is 320 Å². The molecule has 1 heteroatoms. The third-order valence-corrected chi connectivity index (χ3v) is 12.2. The Morgan fingerprint density at radius 1 is 0.463 bits per heavy atom. The molecule has 0 amide bonds. The summed E-state index contributed by atoms with van der Waals surface area (Å²) in [6.45, 7) is 4.64. The molecule has 0 fully saturated rings. The van der Waals surface area contributed by atoms with Crippen molar-refractivity contribution >= 4 is 69.0 Å². The van der Waals surface area contributed by atoms with Crippen LogP contribution in [0, 0.1) is 13.8 Å². The van der Waals surface area contributed by atoms with E-state index in [1.165, 1.54) is 93.6 Å². The van der Waals surface area contributed by atoms with Gasteiger partial charge in [0.05, 0.1) is 0 Å². The molecule has 0 aromatic heterocycles. The van der Waals surface area contributed by atoms with E-state index in [9.17, 15) is 0 Å². The van der Waals surface area contributed by atoms with E-state index in [1.54, 1.807) is 11.1 Å². The number of hydrogen-bond acceptors (Lipinski definition) is 0. The van der Waals surface area contributed by atoms with Crippen molar-refractivity contribution in [1.29, 1.82) is 0 Å². The predicted octanol–water partition coefficient (Wildman–Crippen LogP) is 11.8. The molecule has 0 saturated heterocycles. The van der Waals surface area contributed by atoms with Crippen LogP contribution < -0.4 is 16.4 Å². The van der Waals surface area contributed by atoms with Crippen molar-refractivity contribution in [1.82, 2.24) is 0 Å². The van der Waals surface area contributed by atoms with Crippen molar-refractivity contribution < 1.29 is 0 Å². The van der Waals surface area contributed by atoms with E-state index in [4.69, 9.17) is 0 Å². The number of rotatable bonds is 5. The Morgan fingerprint density at radius 2 is 1.15 bits per heavy atom. The second kappa shape index (κ2) is 13.5. The zero-order valence-corrected chi connectivity index (χ0v) is 31.2. The zero-order valence-electron chi connectivity index (χ0n) is 31.2. The van der Waals surface area contributed by atoms with Crippen LogP contribution in [0.5, 0.6) is 0 Å². The van der Waals surface area contributed by atoms with Crippen molar-refractivity contribution in [2.24, 2.45) is 0 Å². The summed E-state index contributed by atoms with van der Waals surface area (Å²) in [5.74, 6) is 0. The first-order valence-electron chi connectivity index (χ1n) is 19.7. The molecule has 0 atom stereocenters. The maximum atomic E-state index is 2.48. The highest BCUT2D eigenvalue weighted by molar-refractivity contribution is 6.98. The minimum absolute atomic E-state index is 0.0505. The Bertz CT molecular complexity index is 2770. The first-order chi connectivity index (χ1) is 26.6. The van der Waals surface area contributed by atoms with Crippen molar-refractivity contribution in [2.75, 3.05) is 0 Å². The summed E-state index contributed by atoms with van der Waals surface area (Å²) in [5, 5.41) is 5.21. The van der Waals surface area contributed by atoms with Crippen molar-refractivity contribution in [3.63, 3.8) is 0 Å². The fourth-order valence-corrected chi connectivity index (χ4v) is 9.70. The maximum Gasteiger partial charge on any atom is 0.243 e. The molecule has 258 valence electrons. The zero-order chi connectivity index (χ0) is 36.2. The lowest BCUT2D eigenvalue weighted by Gasteiger charge is -2.25. The van der Waals surface area contributed by atoms with Crippen LogP contribution >= 0.6 is 0 Å². The molecule has 3 aliphatic rings. The monoisotopic (exact) mass is 690 g/mol. The molecule has 7 aromatic rings. The van der Waals surface area contributed by atoms with Gasteiger partial charge >= 0.3 is 0 Å². The standard InChI is InChI=1S/C53H43B/c1-35-27-29-37-15-4-3-5-21-44(37)52(35)54(53-36(2)28-30-38-16-6-9-22-45(38)53)41-19-14-18-39(33-41)43-31-32-50(48-25-12-10-24-47(43)48)51-34-40-17-7-8-20-42(40)46-23-11-13-26-49(46)51/h4-7,9-10,12-19,21-22,24-34H,3,8,11,20,23H2,1-2H3. The van der Waals surface area contributed by atoms with Gasteiger partial charge in [-0.05, 0) is 129 Å². The van der Waals surface area contributed by atoms with E-state index < -0.39 is 0 Å². The van der Waals surface area contributed by atoms with Gasteiger partial charge in [-0.15, -0.1) is 0 Å². The summed E-state index contributed by atoms with van der Waals surface area (Å²) in [4.78, 5) is 0. The van der Waals surface area contributed by atoms with Gasteiger partial charge in [-0.3, -0.25) is 0 Å². The largest absolute Gasteiger partial charge is 0.243 e. The van der Waals surface area contributed by atoms with Gasteiger partial charge in [-0.1, -0.05) is 185 Å². The fourth-order valence-electron chi connectivity index (χ4n) is 9.70. The van der Waals surface area contributed by atoms with Gasteiger partial charge in [0.25, 0.3) is 0 Å². The molecular weight excluding hydrogens is 647 g/mol. The number of aryl methyl sites for hydroxylation is 2. The number of benzene rings is 7. The molecule has 0 bridgehead atoms. The van der Waals surface area contributed by atoms with Crippen LogP contribution in [0.1, 0.15) is 63.8 Å². The van der Waals surface area contributed by atoms with Gasteiger partial charge in [-0.2, -0.15) is 0 Å². The summed E-state index contributed by atoms with van der Waals surface area (Å²) in [5.41, 5.74) is 20.5. The van der Waals surface area contributed by atoms with E-state index in [0.29, 0.717) is 0 Å². The Hall–Kier alpha value is -5.92. The smallest absolute Gasteiger partial charge is 0.0836 e. The van der Waals surface area contributed by atoms with E-state index in [1.807, 2.05) is 0 Å². The highest BCUT2D eigenvalue weighted by Crippen LogP contribution is 2.42. The predicted molar refractivity (Wildman–Crippen MR) is 237 cm³/mol. The lowest BCUT2D eigenvalue weighted by atomic mass is 9.34. The summed E-state index contributed by atoms with van der Waals surface area (Å²) in [6.07, 6.45) is 24.2. The molecular formula is C53H43B. The minimum Gasteiger partial charge on any atom is -0.0836 e. The van der Waals surface area contributed by atoms with Crippen molar-refractivity contribution in [3.05, 3.63) is 184 Å². The molecule has 7 aromatic carbocycles. The second-order valence-electron chi connectivity index (χ2n) is 15.4. The van der Waals surface area contributed by atoms with Crippen molar-refractivity contribution in [3.8, 4) is 22.3 Å². The summed E-state index contributed by atoms with van der Waals surface area (Å²) >= 11 is 0. The lowest BCUT2D eigenvalue weighted by molar-refractivity contribution is 0.907. The van der Waals surface area contributed by atoms with Crippen LogP contribution in [-0.4, -0.2) is 6.71 Å². The van der Waals surface area contributed by atoms with Gasteiger partial charge in [-0.25, -0.2) is 0 Å². The highest BCUT2D eigenvalue weighted by atomic mass is 14.2. The van der Waals surface area contributed by atoms with Crippen LogP contribution in [0.25, 0.3) is 68.1 Å². The number of fused-ring (bicyclic) bond motifs is 6. The molecule has 3 aliphatic carbocycles. The maximum absolute atomic E-state index is 2.48. The summed E-state index contributed by atoms with van der Waals surface area (Å²) in [6, 6.07) is 43.9. The second-order valence-corrected chi connectivity index (χ2v) is 15.4. The van der Waals surface area contributed by atoms with Gasteiger partial charge in [0.2, 0.25) is 6.71 Å². The van der Waals surface area contributed by atoms with Crippen LogP contribution in [0.2, 0.25) is 0 Å². The molecule has 0 nitrogen and oxygen atoms in total. The minimum atomic E-state index is 0.0505. The van der Waals surface area contributed by atoms with E-state index in [-0.39, 0.29) is 6.71 Å². The normalized spacial score (nSPS) is 14.2. The van der Waals surface area contributed by atoms with E-state index in [0.717, 1.165) is 32.1 Å². The number of allylic oxidation sites excluding steroid dienone is 4. The quantitative estimate of drug-likeness (QED) is 0.158. The van der Waals surface area contributed by atoms with Crippen molar-refractivity contribution in [2.45, 2.75) is 46.0 Å². The summed E-state index contributed by atoms with van der Waals surface area (Å²) < 4.78 is 0. The summed E-state index contributed by atoms with van der Waals surface area (Å²) in [7, 11) is 0. The van der Waals surface area contributed by atoms with Crippen LogP contribution in [0.3, 0.4) is 0 Å². The molecule has 10 rings (SSSR count). The Kier molecular flexibility index (Phi) is 8.17. The van der Waals surface area contributed by atoms with Gasteiger partial charge in [0.1, 0.15) is 0 Å². The van der Waals surface area contributed by atoms with E-state index in [2.05, 4.69) is 178 Å². The van der Waals surface area contributed by atoms with Gasteiger partial charge in [0.15, 0.2) is 0 Å². The first kappa shape index (κ1) is 32.7. The lowest BCUT2D eigenvalue weighted by Crippen LogP contribution is -2.55. The van der Waals surface area contributed by atoms with Gasteiger partial charge < -0.3 is 0 Å². The highest BCUT2D eigenvalue weighted by Gasteiger charge is 2.30. The Balaban J connectivity index is 1.19. The molecule has 0 spiro atoms. The third kappa shape index (κ3) is 5.45. The molecule has 0 N–H and O–H groups in total. The molecule has 0 saturated carbocycles.